The number of ether oxygens (including phenoxy) is 1. The number of rotatable bonds is 8. The van der Waals surface area contributed by atoms with Gasteiger partial charge in [-0.15, -0.1) is 0 Å². The number of furan rings is 1. The third-order valence-corrected chi connectivity index (χ3v) is 3.33. The summed E-state index contributed by atoms with van der Waals surface area (Å²) in [6, 6.07) is 13.7. The van der Waals surface area contributed by atoms with Crippen molar-refractivity contribution in [1.82, 2.24) is 10.2 Å². The standard InChI is InChI=1S/C18H25N3O2/c1-3-19-18(20-12-11-17-10-7-14-22-17)21(2)13-15-23-16-8-5-4-6-9-16/h4-10,14H,3,11-13,15H2,1-2H3,(H,19,20). The zero-order chi connectivity index (χ0) is 16.3. The Labute approximate surface area is 138 Å². The maximum Gasteiger partial charge on any atom is 0.193 e. The van der Waals surface area contributed by atoms with E-state index < -0.39 is 0 Å². The van der Waals surface area contributed by atoms with Gasteiger partial charge in [0.2, 0.25) is 0 Å². The Morgan fingerprint density at radius 3 is 2.74 bits per heavy atom. The molecule has 1 aromatic carbocycles. The predicted molar refractivity (Wildman–Crippen MR) is 93.0 cm³/mol. The molecule has 2 rings (SSSR count). The molecular formula is C18H25N3O2. The van der Waals surface area contributed by atoms with Gasteiger partial charge in [-0.25, -0.2) is 0 Å². The molecule has 23 heavy (non-hydrogen) atoms. The minimum absolute atomic E-state index is 0.614. The molecule has 0 unspecified atom stereocenters. The maximum absolute atomic E-state index is 5.73. The molecule has 124 valence electrons. The zero-order valence-corrected chi connectivity index (χ0v) is 13.9. The van der Waals surface area contributed by atoms with Crippen LogP contribution >= 0.6 is 0 Å². The average Bonchev–Trinajstić information content (AvgIpc) is 3.08. The van der Waals surface area contributed by atoms with E-state index in [0.29, 0.717) is 13.2 Å². The first-order valence-corrected chi connectivity index (χ1v) is 7.99. The predicted octanol–water partition coefficient (Wildman–Crippen LogP) is 2.80. The lowest BCUT2D eigenvalue weighted by molar-refractivity contribution is 0.281. The topological polar surface area (TPSA) is 50.0 Å². The van der Waals surface area contributed by atoms with Gasteiger partial charge in [0.25, 0.3) is 0 Å². The normalized spacial score (nSPS) is 11.3. The number of guanidine groups is 1. The molecule has 0 aliphatic heterocycles. The molecule has 0 amide bonds. The lowest BCUT2D eigenvalue weighted by Gasteiger charge is -2.22. The molecular weight excluding hydrogens is 290 g/mol. The molecule has 0 atom stereocenters. The van der Waals surface area contributed by atoms with Crippen LogP contribution in [0.15, 0.2) is 58.1 Å². The fraction of sp³-hybridized carbons (Fsp3) is 0.389. The van der Waals surface area contributed by atoms with Crippen molar-refractivity contribution < 1.29 is 9.15 Å². The van der Waals surface area contributed by atoms with Gasteiger partial charge in [0.15, 0.2) is 5.96 Å². The van der Waals surface area contributed by atoms with E-state index in [1.54, 1.807) is 6.26 Å². The monoisotopic (exact) mass is 315 g/mol. The van der Waals surface area contributed by atoms with Crippen LogP contribution in [0.5, 0.6) is 5.75 Å². The van der Waals surface area contributed by atoms with E-state index in [4.69, 9.17) is 9.15 Å². The largest absolute Gasteiger partial charge is 0.492 e. The molecule has 0 bridgehead atoms. The Bertz CT molecular complexity index is 567. The molecule has 0 fully saturated rings. The number of para-hydroxylation sites is 1. The van der Waals surface area contributed by atoms with E-state index in [2.05, 4.69) is 22.1 Å². The number of aliphatic imine (C=N–C) groups is 1. The van der Waals surface area contributed by atoms with E-state index in [-0.39, 0.29) is 0 Å². The van der Waals surface area contributed by atoms with E-state index in [9.17, 15) is 0 Å². The summed E-state index contributed by atoms with van der Waals surface area (Å²) in [4.78, 5) is 6.71. The minimum Gasteiger partial charge on any atom is -0.492 e. The van der Waals surface area contributed by atoms with Crippen molar-refractivity contribution in [3.8, 4) is 5.75 Å². The summed E-state index contributed by atoms with van der Waals surface area (Å²) >= 11 is 0. The van der Waals surface area contributed by atoms with Crippen molar-refractivity contribution in [2.45, 2.75) is 13.3 Å². The number of hydrogen-bond donors (Lipinski definition) is 1. The first kappa shape index (κ1) is 16.9. The summed E-state index contributed by atoms with van der Waals surface area (Å²) < 4.78 is 11.1. The van der Waals surface area contributed by atoms with Crippen molar-refractivity contribution in [3.63, 3.8) is 0 Å². The van der Waals surface area contributed by atoms with Gasteiger partial charge in [-0.3, -0.25) is 4.99 Å². The van der Waals surface area contributed by atoms with Crippen LogP contribution < -0.4 is 10.1 Å². The molecule has 0 radical (unpaired) electrons. The van der Waals surface area contributed by atoms with E-state index in [1.165, 1.54) is 0 Å². The number of nitrogens with zero attached hydrogens (tertiary/aromatic N) is 2. The smallest absolute Gasteiger partial charge is 0.193 e. The van der Waals surface area contributed by atoms with E-state index in [0.717, 1.165) is 37.0 Å². The van der Waals surface area contributed by atoms with Gasteiger partial charge >= 0.3 is 0 Å². The molecule has 1 aromatic heterocycles. The highest BCUT2D eigenvalue weighted by Crippen LogP contribution is 2.07. The molecule has 5 heteroatoms. The minimum atomic E-state index is 0.614. The summed E-state index contributed by atoms with van der Waals surface area (Å²) in [6.45, 7) is 4.98. The highest BCUT2D eigenvalue weighted by atomic mass is 16.5. The van der Waals surface area contributed by atoms with Crippen molar-refractivity contribution in [2.24, 2.45) is 4.99 Å². The van der Waals surface area contributed by atoms with Gasteiger partial charge in [-0.1, -0.05) is 18.2 Å². The fourth-order valence-corrected chi connectivity index (χ4v) is 2.12. The Hall–Kier alpha value is -2.43. The molecule has 0 aliphatic rings. The average molecular weight is 315 g/mol. The number of likely N-dealkylation sites (N-methyl/N-ethyl adjacent to an activating group) is 1. The Kier molecular flexibility index (Phi) is 7.04. The lowest BCUT2D eigenvalue weighted by Crippen LogP contribution is -2.41. The summed E-state index contributed by atoms with van der Waals surface area (Å²) in [5, 5.41) is 3.30. The van der Waals surface area contributed by atoms with Crippen LogP contribution in [-0.2, 0) is 6.42 Å². The molecule has 5 nitrogen and oxygen atoms in total. The van der Waals surface area contributed by atoms with Crippen LogP contribution in [0.3, 0.4) is 0 Å². The molecule has 0 saturated heterocycles. The SMILES string of the molecule is CCNC(=NCCc1ccco1)N(C)CCOc1ccccc1. The summed E-state index contributed by atoms with van der Waals surface area (Å²) in [7, 11) is 2.02. The van der Waals surface area contributed by atoms with Crippen LogP contribution in [-0.4, -0.2) is 44.1 Å². The Morgan fingerprint density at radius 2 is 2.04 bits per heavy atom. The van der Waals surface area contributed by atoms with Crippen LogP contribution in [0.1, 0.15) is 12.7 Å². The van der Waals surface area contributed by atoms with Gasteiger partial charge in [0, 0.05) is 26.6 Å². The number of nitrogens with one attached hydrogen (secondary N) is 1. The molecule has 0 saturated carbocycles. The molecule has 0 aliphatic carbocycles. The third-order valence-electron chi connectivity index (χ3n) is 3.33. The molecule has 1 N–H and O–H groups in total. The van der Waals surface area contributed by atoms with Gasteiger partial charge in [-0.05, 0) is 31.2 Å². The van der Waals surface area contributed by atoms with Crippen molar-refractivity contribution in [1.29, 1.82) is 0 Å². The van der Waals surface area contributed by atoms with Gasteiger partial charge in [0.1, 0.15) is 18.1 Å². The first-order valence-electron chi connectivity index (χ1n) is 7.99. The Balaban J connectivity index is 1.78. The second kappa shape index (κ2) is 9.56. The highest BCUT2D eigenvalue weighted by molar-refractivity contribution is 5.79. The van der Waals surface area contributed by atoms with Crippen LogP contribution in [0.2, 0.25) is 0 Å². The van der Waals surface area contributed by atoms with Gasteiger partial charge in [-0.2, -0.15) is 0 Å². The molecule has 1 heterocycles. The van der Waals surface area contributed by atoms with Crippen LogP contribution in [0.25, 0.3) is 0 Å². The van der Waals surface area contributed by atoms with E-state index >= 15 is 0 Å². The van der Waals surface area contributed by atoms with Crippen molar-refractivity contribution >= 4 is 5.96 Å². The first-order chi connectivity index (χ1) is 11.3. The Morgan fingerprint density at radius 1 is 1.22 bits per heavy atom. The highest BCUT2D eigenvalue weighted by Gasteiger charge is 2.06. The summed E-state index contributed by atoms with van der Waals surface area (Å²) in [6.07, 6.45) is 2.49. The number of hydrogen-bond acceptors (Lipinski definition) is 3. The van der Waals surface area contributed by atoms with Crippen LogP contribution in [0.4, 0.5) is 0 Å². The molecule has 2 aromatic rings. The van der Waals surface area contributed by atoms with Gasteiger partial charge < -0.3 is 19.4 Å². The van der Waals surface area contributed by atoms with Crippen molar-refractivity contribution in [2.75, 3.05) is 33.3 Å². The second-order valence-corrected chi connectivity index (χ2v) is 5.15. The summed E-state index contributed by atoms with van der Waals surface area (Å²) in [5.41, 5.74) is 0. The van der Waals surface area contributed by atoms with E-state index in [1.807, 2.05) is 49.5 Å². The second-order valence-electron chi connectivity index (χ2n) is 5.15. The molecule has 0 spiro atoms. The lowest BCUT2D eigenvalue weighted by atomic mass is 10.3. The third kappa shape index (κ3) is 6.06. The fourth-order valence-electron chi connectivity index (χ4n) is 2.12. The quantitative estimate of drug-likeness (QED) is 0.601. The zero-order valence-electron chi connectivity index (χ0n) is 13.9. The van der Waals surface area contributed by atoms with Crippen molar-refractivity contribution in [3.05, 3.63) is 54.5 Å². The maximum atomic E-state index is 5.73. The van der Waals surface area contributed by atoms with Crippen LogP contribution in [0, 0.1) is 0 Å². The van der Waals surface area contributed by atoms with Gasteiger partial charge in [0.05, 0.1) is 12.8 Å². The number of benzene rings is 1. The summed E-state index contributed by atoms with van der Waals surface area (Å²) in [5.74, 6) is 2.73.